The maximum atomic E-state index is 11.4. The number of hydrogen-bond donors (Lipinski definition) is 1. The van der Waals surface area contributed by atoms with Gasteiger partial charge in [-0.25, -0.2) is 9.48 Å². The molecule has 0 aromatic carbocycles. The number of anilines is 1. The zero-order valence-corrected chi connectivity index (χ0v) is 12.1. The summed E-state index contributed by atoms with van der Waals surface area (Å²) in [5.74, 6) is 0.484. The third-order valence-corrected chi connectivity index (χ3v) is 4.29. The Bertz CT molecular complexity index is 545. The molecule has 2 rings (SSSR count). The van der Waals surface area contributed by atoms with Gasteiger partial charge in [-0.15, -0.1) is 0 Å². The third kappa shape index (κ3) is 2.45. The van der Waals surface area contributed by atoms with E-state index in [1.54, 1.807) is 30.6 Å². The fraction of sp³-hybridized carbons (Fsp3) is 0.636. The molecule has 2 heterocycles. The van der Waals surface area contributed by atoms with E-state index in [0.29, 0.717) is 30.2 Å². The van der Waals surface area contributed by atoms with Crippen LogP contribution in [0.15, 0.2) is 0 Å². The highest BCUT2D eigenvalue weighted by molar-refractivity contribution is 7.99. The SMILES string of the molecule is CCc1nn(C)c(N2CCSCC2C(=O)O)c1[N+](=O)[O-]. The van der Waals surface area contributed by atoms with Crippen LogP contribution in [0.3, 0.4) is 0 Å². The summed E-state index contributed by atoms with van der Waals surface area (Å²) in [4.78, 5) is 23.8. The van der Waals surface area contributed by atoms with Gasteiger partial charge in [-0.3, -0.25) is 10.1 Å². The monoisotopic (exact) mass is 300 g/mol. The lowest BCUT2D eigenvalue weighted by molar-refractivity contribution is -0.384. The second-order valence-corrected chi connectivity index (χ2v) is 5.63. The summed E-state index contributed by atoms with van der Waals surface area (Å²) in [5, 5.41) is 24.8. The highest BCUT2D eigenvalue weighted by atomic mass is 32.2. The predicted octanol–water partition coefficient (Wildman–Crippen LogP) is 0.897. The van der Waals surface area contributed by atoms with E-state index in [-0.39, 0.29) is 5.69 Å². The summed E-state index contributed by atoms with van der Waals surface area (Å²) in [6.45, 7) is 2.25. The standard InChI is InChI=1S/C11H16N4O4S/c1-3-7-9(15(18)19)10(13(2)12-7)14-4-5-20-6-8(14)11(16)17/h8H,3-6H2,1-2H3,(H,16,17). The summed E-state index contributed by atoms with van der Waals surface area (Å²) in [6, 6.07) is -0.757. The zero-order valence-electron chi connectivity index (χ0n) is 11.3. The van der Waals surface area contributed by atoms with Crippen LogP contribution in [0, 0.1) is 10.1 Å². The van der Waals surface area contributed by atoms with E-state index >= 15 is 0 Å². The summed E-state index contributed by atoms with van der Waals surface area (Å²) in [7, 11) is 1.61. The number of aryl methyl sites for hydroxylation is 2. The molecule has 8 nitrogen and oxygen atoms in total. The molecule has 1 aliphatic rings. The Morgan fingerprint density at radius 1 is 1.65 bits per heavy atom. The average Bonchev–Trinajstić information content (AvgIpc) is 2.75. The van der Waals surface area contributed by atoms with Crippen LogP contribution >= 0.6 is 11.8 Å². The first-order valence-electron chi connectivity index (χ1n) is 6.24. The molecule has 0 aliphatic carbocycles. The number of rotatable bonds is 4. The Morgan fingerprint density at radius 3 is 2.90 bits per heavy atom. The molecule has 20 heavy (non-hydrogen) atoms. The molecule has 1 aromatic heterocycles. The van der Waals surface area contributed by atoms with Gasteiger partial charge in [0.25, 0.3) is 0 Å². The number of carboxylic acid groups (broad SMARTS) is 1. The maximum Gasteiger partial charge on any atom is 0.334 e. The molecule has 0 spiro atoms. The number of nitro groups is 1. The van der Waals surface area contributed by atoms with Gasteiger partial charge in [0.05, 0.1) is 4.92 Å². The van der Waals surface area contributed by atoms with Crippen LogP contribution in [0.1, 0.15) is 12.6 Å². The van der Waals surface area contributed by atoms with Crippen molar-refractivity contribution in [1.29, 1.82) is 0 Å². The molecule has 0 amide bonds. The molecule has 0 saturated carbocycles. The number of thioether (sulfide) groups is 1. The van der Waals surface area contributed by atoms with Crippen molar-refractivity contribution in [3.05, 3.63) is 15.8 Å². The third-order valence-electron chi connectivity index (χ3n) is 3.27. The van der Waals surface area contributed by atoms with Crippen molar-refractivity contribution in [1.82, 2.24) is 9.78 Å². The first kappa shape index (κ1) is 14.6. The van der Waals surface area contributed by atoms with Gasteiger partial charge >= 0.3 is 11.7 Å². The largest absolute Gasteiger partial charge is 0.480 e. The number of nitrogens with zero attached hydrogens (tertiary/aromatic N) is 4. The lowest BCUT2D eigenvalue weighted by Gasteiger charge is -2.33. The van der Waals surface area contributed by atoms with Gasteiger partial charge in [-0.1, -0.05) is 6.92 Å². The van der Waals surface area contributed by atoms with Gasteiger partial charge in [0.2, 0.25) is 5.82 Å². The average molecular weight is 300 g/mol. The van der Waals surface area contributed by atoms with Crippen molar-refractivity contribution >= 4 is 29.2 Å². The minimum absolute atomic E-state index is 0.0758. The second-order valence-electron chi connectivity index (χ2n) is 4.48. The van der Waals surface area contributed by atoms with E-state index in [9.17, 15) is 20.0 Å². The van der Waals surface area contributed by atoms with Crippen molar-refractivity contribution in [2.24, 2.45) is 7.05 Å². The Balaban J connectivity index is 2.52. The number of carboxylic acids is 1. The molecule has 0 bridgehead atoms. The maximum absolute atomic E-state index is 11.4. The molecule has 1 unspecified atom stereocenters. The van der Waals surface area contributed by atoms with E-state index in [4.69, 9.17) is 0 Å². The second kappa shape index (κ2) is 5.70. The number of aromatic nitrogens is 2. The molecular weight excluding hydrogens is 284 g/mol. The minimum Gasteiger partial charge on any atom is -0.480 e. The lowest BCUT2D eigenvalue weighted by atomic mass is 10.2. The smallest absolute Gasteiger partial charge is 0.334 e. The van der Waals surface area contributed by atoms with Crippen LogP contribution in [-0.2, 0) is 18.3 Å². The summed E-state index contributed by atoms with van der Waals surface area (Å²) in [6.07, 6.45) is 0.435. The van der Waals surface area contributed by atoms with E-state index in [1.807, 2.05) is 0 Å². The van der Waals surface area contributed by atoms with E-state index in [2.05, 4.69) is 5.10 Å². The van der Waals surface area contributed by atoms with Crippen molar-refractivity contribution in [3.8, 4) is 0 Å². The van der Waals surface area contributed by atoms with Gasteiger partial charge < -0.3 is 10.0 Å². The van der Waals surface area contributed by atoms with Crippen LogP contribution in [0.5, 0.6) is 0 Å². The van der Waals surface area contributed by atoms with Crippen molar-refractivity contribution in [3.63, 3.8) is 0 Å². The molecule has 1 aromatic rings. The Morgan fingerprint density at radius 2 is 2.35 bits per heavy atom. The normalized spacial score (nSPS) is 19.1. The molecule has 1 fully saturated rings. The summed E-state index contributed by atoms with van der Waals surface area (Å²) in [5.41, 5.74) is 0.308. The molecule has 0 radical (unpaired) electrons. The number of aliphatic carboxylic acids is 1. The first-order chi connectivity index (χ1) is 9.47. The molecule has 1 aliphatic heterocycles. The predicted molar refractivity (Wildman–Crippen MR) is 75.3 cm³/mol. The van der Waals surface area contributed by atoms with Gasteiger partial charge in [-0.2, -0.15) is 16.9 Å². The highest BCUT2D eigenvalue weighted by Crippen LogP contribution is 2.35. The van der Waals surface area contributed by atoms with Gasteiger partial charge in [-0.05, 0) is 6.42 Å². The van der Waals surface area contributed by atoms with Crippen molar-refractivity contribution in [2.75, 3.05) is 23.0 Å². The molecular formula is C11H16N4O4S. The van der Waals surface area contributed by atoms with Crippen LogP contribution < -0.4 is 4.90 Å². The zero-order chi connectivity index (χ0) is 14.9. The van der Waals surface area contributed by atoms with E-state index in [0.717, 1.165) is 5.75 Å². The lowest BCUT2D eigenvalue weighted by Crippen LogP contribution is -2.48. The van der Waals surface area contributed by atoms with Gasteiger partial charge in [0.15, 0.2) is 0 Å². The Hall–Kier alpha value is -1.77. The van der Waals surface area contributed by atoms with Crippen LogP contribution in [-0.4, -0.2) is 49.9 Å². The summed E-state index contributed by atoms with van der Waals surface area (Å²) >= 11 is 1.54. The van der Waals surface area contributed by atoms with E-state index < -0.39 is 16.9 Å². The van der Waals surface area contributed by atoms with Gasteiger partial charge in [0.1, 0.15) is 11.7 Å². The molecule has 1 atom stereocenters. The Kier molecular flexibility index (Phi) is 4.17. The van der Waals surface area contributed by atoms with Crippen molar-refractivity contribution in [2.45, 2.75) is 19.4 Å². The minimum atomic E-state index is -0.967. The topological polar surface area (TPSA) is 102 Å². The molecule has 1 N–H and O–H groups in total. The summed E-state index contributed by atoms with van der Waals surface area (Å²) < 4.78 is 1.42. The van der Waals surface area contributed by atoms with Crippen LogP contribution in [0.2, 0.25) is 0 Å². The highest BCUT2D eigenvalue weighted by Gasteiger charge is 2.37. The number of carbonyl (C=O) groups is 1. The fourth-order valence-corrected chi connectivity index (χ4v) is 3.41. The Labute approximate surface area is 119 Å². The number of hydrogen-bond acceptors (Lipinski definition) is 6. The molecule has 9 heteroatoms. The quantitative estimate of drug-likeness (QED) is 0.651. The first-order valence-corrected chi connectivity index (χ1v) is 7.40. The van der Waals surface area contributed by atoms with E-state index in [1.165, 1.54) is 4.68 Å². The van der Waals surface area contributed by atoms with Gasteiger partial charge in [0, 0.05) is 25.1 Å². The molecule has 1 saturated heterocycles. The molecule has 110 valence electrons. The van der Waals surface area contributed by atoms with Crippen molar-refractivity contribution < 1.29 is 14.8 Å². The fourth-order valence-electron chi connectivity index (χ4n) is 2.37. The van der Waals surface area contributed by atoms with Crippen LogP contribution in [0.25, 0.3) is 0 Å². The van der Waals surface area contributed by atoms with Crippen LogP contribution in [0.4, 0.5) is 11.5 Å².